The lowest BCUT2D eigenvalue weighted by molar-refractivity contribution is -0.116. The smallest absolute Gasteiger partial charge is 0.251 e. The van der Waals surface area contributed by atoms with Gasteiger partial charge in [-0.2, -0.15) is 0 Å². The van der Waals surface area contributed by atoms with Crippen LogP contribution in [0.15, 0.2) is 78.9 Å². The van der Waals surface area contributed by atoms with E-state index in [4.69, 9.17) is 0 Å². The molecule has 3 rings (SSSR count). The average Bonchev–Trinajstić information content (AvgIpc) is 2.82. The maximum absolute atomic E-state index is 12.4. The van der Waals surface area contributed by atoms with Crippen LogP contribution in [0.2, 0.25) is 0 Å². The first-order valence-corrected chi connectivity index (χ1v) is 10.9. The van der Waals surface area contributed by atoms with Crippen LogP contribution in [0.3, 0.4) is 0 Å². The molecule has 0 aliphatic carbocycles. The number of carbonyl (C=O) groups excluding carboxylic acids is 3. The van der Waals surface area contributed by atoms with Crippen LogP contribution >= 0.6 is 0 Å². The van der Waals surface area contributed by atoms with Gasteiger partial charge in [0.05, 0.1) is 6.54 Å². The minimum absolute atomic E-state index is 0.0385. The van der Waals surface area contributed by atoms with Crippen molar-refractivity contribution in [3.8, 4) is 0 Å². The van der Waals surface area contributed by atoms with Gasteiger partial charge in [-0.15, -0.1) is 0 Å². The molecule has 0 unspecified atom stereocenters. The molecule has 33 heavy (non-hydrogen) atoms. The summed E-state index contributed by atoms with van der Waals surface area (Å²) in [5.41, 5.74) is 3.40. The molecule has 4 N–H and O–H groups in total. The zero-order valence-corrected chi connectivity index (χ0v) is 18.6. The van der Waals surface area contributed by atoms with Gasteiger partial charge in [-0.3, -0.25) is 14.4 Å². The maximum atomic E-state index is 12.4. The Morgan fingerprint density at radius 3 is 2.15 bits per heavy atom. The highest BCUT2D eigenvalue weighted by Crippen LogP contribution is 2.16. The van der Waals surface area contributed by atoms with Crippen molar-refractivity contribution in [2.75, 3.05) is 22.5 Å². The fourth-order valence-electron chi connectivity index (χ4n) is 3.16. The first-order valence-electron chi connectivity index (χ1n) is 10.9. The predicted molar refractivity (Wildman–Crippen MR) is 131 cm³/mol. The number of hydrogen-bond donors (Lipinski definition) is 4. The van der Waals surface area contributed by atoms with E-state index in [0.717, 1.165) is 12.0 Å². The Kier molecular flexibility index (Phi) is 8.59. The highest BCUT2D eigenvalue weighted by atomic mass is 16.2. The van der Waals surface area contributed by atoms with E-state index < -0.39 is 0 Å². The Balaban J connectivity index is 1.50. The largest absolute Gasteiger partial charge is 0.376 e. The van der Waals surface area contributed by atoms with Crippen LogP contribution in [0.1, 0.15) is 35.7 Å². The first kappa shape index (κ1) is 23.5. The van der Waals surface area contributed by atoms with Gasteiger partial charge in [0.1, 0.15) is 0 Å². The van der Waals surface area contributed by atoms with E-state index in [2.05, 4.69) is 21.3 Å². The molecule has 7 nitrogen and oxygen atoms in total. The summed E-state index contributed by atoms with van der Waals surface area (Å²) in [5, 5.41) is 11.5. The van der Waals surface area contributed by atoms with Crippen LogP contribution in [0.4, 0.5) is 17.1 Å². The second-order valence-corrected chi connectivity index (χ2v) is 7.53. The predicted octanol–water partition coefficient (Wildman–Crippen LogP) is 4.41. The van der Waals surface area contributed by atoms with E-state index in [0.29, 0.717) is 35.6 Å². The molecule has 170 valence electrons. The van der Waals surface area contributed by atoms with Crippen LogP contribution in [0, 0.1) is 0 Å². The van der Waals surface area contributed by atoms with Crippen molar-refractivity contribution in [2.45, 2.75) is 26.3 Å². The van der Waals surface area contributed by atoms with Crippen LogP contribution in [-0.2, 0) is 16.1 Å². The van der Waals surface area contributed by atoms with Gasteiger partial charge >= 0.3 is 0 Å². The molecule has 3 aromatic rings. The minimum atomic E-state index is -0.253. The summed E-state index contributed by atoms with van der Waals surface area (Å²) in [5.74, 6) is -0.507. The van der Waals surface area contributed by atoms with Gasteiger partial charge in [0, 0.05) is 35.6 Å². The van der Waals surface area contributed by atoms with Gasteiger partial charge in [0.25, 0.3) is 5.91 Å². The SMILES string of the molecule is CCCC(=O)Nc1cccc(NCC(=O)Nc2cccc(C(=O)NCc3ccccc3)c2)c1. The quantitative estimate of drug-likeness (QED) is 0.372. The zero-order chi connectivity index (χ0) is 23.5. The van der Waals surface area contributed by atoms with E-state index in [-0.39, 0.29) is 24.3 Å². The van der Waals surface area contributed by atoms with Crippen molar-refractivity contribution >= 4 is 34.8 Å². The summed E-state index contributed by atoms with van der Waals surface area (Å²) >= 11 is 0. The molecule has 0 saturated carbocycles. The molecule has 0 aliphatic heterocycles. The van der Waals surface area contributed by atoms with Crippen LogP contribution in [0.25, 0.3) is 0 Å². The van der Waals surface area contributed by atoms with Crippen molar-refractivity contribution in [1.29, 1.82) is 0 Å². The molecule has 0 saturated heterocycles. The third kappa shape index (κ3) is 7.81. The second-order valence-electron chi connectivity index (χ2n) is 7.53. The third-order valence-corrected chi connectivity index (χ3v) is 4.78. The van der Waals surface area contributed by atoms with Gasteiger partial charge in [0.2, 0.25) is 11.8 Å². The average molecular weight is 445 g/mol. The molecule has 0 spiro atoms. The first-order chi connectivity index (χ1) is 16.0. The van der Waals surface area contributed by atoms with Crippen molar-refractivity contribution in [3.05, 3.63) is 90.0 Å². The highest BCUT2D eigenvalue weighted by Gasteiger charge is 2.09. The Labute approximate surface area is 193 Å². The monoisotopic (exact) mass is 444 g/mol. The Morgan fingerprint density at radius 2 is 1.39 bits per heavy atom. The lowest BCUT2D eigenvalue weighted by atomic mass is 10.1. The second kappa shape index (κ2) is 12.0. The van der Waals surface area contributed by atoms with Crippen LogP contribution in [0.5, 0.6) is 0 Å². The third-order valence-electron chi connectivity index (χ3n) is 4.78. The Bertz CT molecular complexity index is 1100. The standard InChI is InChI=1S/C26H28N4O3/c1-2-8-24(31)29-23-14-7-12-21(16-23)27-18-25(32)30-22-13-6-11-20(15-22)26(33)28-17-19-9-4-3-5-10-19/h3-7,9-16,27H,2,8,17-18H2,1H3,(H,28,33)(H,29,31)(H,30,32). The number of anilines is 3. The molecule has 0 heterocycles. The number of nitrogens with one attached hydrogen (secondary N) is 4. The highest BCUT2D eigenvalue weighted by molar-refractivity contribution is 5.98. The molecule has 0 fully saturated rings. The van der Waals surface area contributed by atoms with Crippen LogP contribution < -0.4 is 21.3 Å². The number of benzene rings is 3. The molecule has 7 heteroatoms. The number of amides is 3. The van der Waals surface area contributed by atoms with Crippen molar-refractivity contribution < 1.29 is 14.4 Å². The van der Waals surface area contributed by atoms with Gasteiger partial charge < -0.3 is 21.3 Å². The summed E-state index contributed by atoms with van der Waals surface area (Å²) in [6.07, 6.45) is 1.24. The van der Waals surface area contributed by atoms with Gasteiger partial charge in [-0.1, -0.05) is 49.4 Å². The Hall–Kier alpha value is -4.13. The molecule has 0 bridgehead atoms. The van der Waals surface area contributed by atoms with Gasteiger partial charge in [-0.05, 0) is 48.4 Å². The molecule has 0 atom stereocenters. The summed E-state index contributed by atoms with van der Waals surface area (Å²) in [6, 6.07) is 23.7. The Morgan fingerprint density at radius 1 is 0.727 bits per heavy atom. The lowest BCUT2D eigenvalue weighted by Gasteiger charge is -2.11. The van der Waals surface area contributed by atoms with E-state index in [1.807, 2.05) is 43.3 Å². The molecular formula is C26H28N4O3. The molecule has 0 aliphatic rings. The van der Waals surface area contributed by atoms with Gasteiger partial charge in [-0.25, -0.2) is 0 Å². The number of hydrogen-bond acceptors (Lipinski definition) is 4. The fourth-order valence-corrected chi connectivity index (χ4v) is 3.16. The zero-order valence-electron chi connectivity index (χ0n) is 18.6. The van der Waals surface area contributed by atoms with E-state index in [1.54, 1.807) is 42.5 Å². The normalized spacial score (nSPS) is 10.2. The number of rotatable bonds is 10. The molecule has 0 aromatic heterocycles. The topological polar surface area (TPSA) is 99.3 Å². The summed E-state index contributed by atoms with van der Waals surface area (Å²) < 4.78 is 0. The van der Waals surface area contributed by atoms with Crippen molar-refractivity contribution in [2.24, 2.45) is 0 Å². The fraction of sp³-hybridized carbons (Fsp3) is 0.192. The molecule has 3 aromatic carbocycles. The maximum Gasteiger partial charge on any atom is 0.251 e. The van der Waals surface area contributed by atoms with Gasteiger partial charge in [0.15, 0.2) is 0 Å². The number of carbonyl (C=O) groups is 3. The van der Waals surface area contributed by atoms with Crippen molar-refractivity contribution in [3.63, 3.8) is 0 Å². The van der Waals surface area contributed by atoms with Crippen molar-refractivity contribution in [1.82, 2.24) is 5.32 Å². The molecular weight excluding hydrogens is 416 g/mol. The van der Waals surface area contributed by atoms with E-state index >= 15 is 0 Å². The molecule has 3 amide bonds. The van der Waals surface area contributed by atoms with E-state index in [1.165, 1.54) is 0 Å². The summed E-state index contributed by atoms with van der Waals surface area (Å²) in [7, 11) is 0. The minimum Gasteiger partial charge on any atom is -0.376 e. The van der Waals surface area contributed by atoms with Crippen LogP contribution in [-0.4, -0.2) is 24.3 Å². The van der Waals surface area contributed by atoms with E-state index in [9.17, 15) is 14.4 Å². The summed E-state index contributed by atoms with van der Waals surface area (Å²) in [6.45, 7) is 2.41. The lowest BCUT2D eigenvalue weighted by Crippen LogP contribution is -2.24. The molecule has 0 radical (unpaired) electrons. The summed E-state index contributed by atoms with van der Waals surface area (Å²) in [4.78, 5) is 36.6.